The molecule has 3 heterocycles. The van der Waals surface area contributed by atoms with Crippen LogP contribution >= 0.6 is 0 Å². The molecule has 7 nitrogen and oxygen atoms in total. The second-order valence-electron chi connectivity index (χ2n) is 5.76. The average Bonchev–Trinajstić information content (AvgIpc) is 2.63. The monoisotopic (exact) mass is 331 g/mol. The summed E-state index contributed by atoms with van der Waals surface area (Å²) < 4.78 is 15.8. The van der Waals surface area contributed by atoms with Gasteiger partial charge >= 0.3 is 0 Å². The summed E-state index contributed by atoms with van der Waals surface area (Å²) in [4.78, 5) is 22.0. The highest BCUT2D eigenvalue weighted by Crippen LogP contribution is 2.26. The van der Waals surface area contributed by atoms with Crippen LogP contribution in [0.5, 0.6) is 0 Å². The van der Waals surface area contributed by atoms with Crippen molar-refractivity contribution in [3.63, 3.8) is 0 Å². The molecule has 0 amide bonds. The Bertz CT molecular complexity index is 678. The van der Waals surface area contributed by atoms with Gasteiger partial charge in [0.25, 0.3) is 0 Å². The first-order valence-corrected chi connectivity index (χ1v) is 7.92. The zero-order valence-corrected chi connectivity index (χ0v) is 13.9. The topological polar surface area (TPSA) is 73.2 Å². The Morgan fingerprint density at radius 3 is 2.96 bits per heavy atom. The summed E-state index contributed by atoms with van der Waals surface area (Å²) in [6.07, 6.45) is 3.00. The molecule has 2 aliphatic heterocycles. The van der Waals surface area contributed by atoms with E-state index in [0.29, 0.717) is 37.8 Å². The number of ether oxygens (including phenoxy) is 3. The standard InChI is InChI=1S/C17H21N3O4/c1-22-17(23-2)15-4-3-13-7-12(8-18-16(13)19-15)9-20-5-6-24-11-14(20)10-21/h7-8,17H,3-6,9,11H2,1-2H3. The van der Waals surface area contributed by atoms with Crippen LogP contribution in [0.4, 0.5) is 5.82 Å². The van der Waals surface area contributed by atoms with Crippen LogP contribution in [0, 0.1) is 0 Å². The van der Waals surface area contributed by atoms with Crippen molar-refractivity contribution in [3.05, 3.63) is 29.1 Å². The highest BCUT2D eigenvalue weighted by Gasteiger charge is 2.22. The number of nitrogens with zero attached hydrogens (tertiary/aromatic N) is 3. The van der Waals surface area contributed by atoms with E-state index >= 15 is 0 Å². The largest absolute Gasteiger partial charge is 0.373 e. The second-order valence-corrected chi connectivity index (χ2v) is 5.76. The number of pyridine rings is 1. The van der Waals surface area contributed by atoms with E-state index in [4.69, 9.17) is 14.2 Å². The Balaban J connectivity index is 1.77. The lowest BCUT2D eigenvalue weighted by atomic mass is 10.0. The zero-order chi connectivity index (χ0) is 16.9. The molecule has 0 atom stereocenters. The molecule has 24 heavy (non-hydrogen) atoms. The number of aryl methyl sites for hydroxylation is 1. The molecule has 7 heteroatoms. The summed E-state index contributed by atoms with van der Waals surface area (Å²) in [6.45, 7) is 2.26. The molecule has 1 aromatic rings. The molecule has 0 spiro atoms. The number of fused-ring (bicyclic) bond motifs is 1. The van der Waals surface area contributed by atoms with Crippen molar-refractivity contribution in [3.8, 4) is 0 Å². The van der Waals surface area contributed by atoms with Gasteiger partial charge < -0.3 is 19.1 Å². The van der Waals surface area contributed by atoms with Gasteiger partial charge in [0.1, 0.15) is 11.6 Å². The van der Waals surface area contributed by atoms with E-state index in [1.807, 2.05) is 10.8 Å². The number of aromatic nitrogens is 1. The number of hydrogen-bond acceptors (Lipinski definition) is 7. The van der Waals surface area contributed by atoms with Crippen LogP contribution in [0.2, 0.25) is 0 Å². The van der Waals surface area contributed by atoms with E-state index in [-0.39, 0.29) is 0 Å². The zero-order valence-electron chi connectivity index (χ0n) is 13.9. The van der Waals surface area contributed by atoms with Crippen LogP contribution in [-0.2, 0) is 32.0 Å². The fourth-order valence-corrected chi connectivity index (χ4v) is 2.98. The minimum absolute atomic E-state index is 0.324. The number of carbonyl (C=O) groups excluding carboxylic acids is 1. The summed E-state index contributed by atoms with van der Waals surface area (Å²) in [5.41, 5.74) is 3.57. The lowest BCUT2D eigenvalue weighted by molar-refractivity contribution is -0.0532. The molecule has 2 aliphatic rings. The van der Waals surface area contributed by atoms with Crippen molar-refractivity contribution in [1.82, 2.24) is 9.88 Å². The van der Waals surface area contributed by atoms with Crippen LogP contribution < -0.4 is 0 Å². The van der Waals surface area contributed by atoms with Crippen LogP contribution in [0.15, 0.2) is 23.0 Å². The SMILES string of the molecule is COC(OC)C1=Nc2ncc(CN3CCOCC3=C=O)cc2CC1. The molecule has 1 fully saturated rings. The predicted octanol–water partition coefficient (Wildman–Crippen LogP) is 1.27. The van der Waals surface area contributed by atoms with Crippen LogP contribution in [0.25, 0.3) is 0 Å². The van der Waals surface area contributed by atoms with Crippen molar-refractivity contribution in [2.45, 2.75) is 25.7 Å². The number of hydrogen-bond donors (Lipinski definition) is 0. The van der Waals surface area contributed by atoms with Crippen molar-refractivity contribution in [2.75, 3.05) is 34.0 Å². The minimum Gasteiger partial charge on any atom is -0.373 e. The number of aliphatic imine (C=N–C) groups is 1. The van der Waals surface area contributed by atoms with E-state index in [1.165, 1.54) is 0 Å². The molecule has 1 aromatic heterocycles. The molecule has 3 rings (SSSR count). The number of methoxy groups -OCH3 is 2. The Morgan fingerprint density at radius 1 is 1.38 bits per heavy atom. The number of rotatable bonds is 5. The molecule has 0 unspecified atom stereocenters. The predicted molar refractivity (Wildman–Crippen MR) is 87.9 cm³/mol. The van der Waals surface area contributed by atoms with E-state index in [1.54, 1.807) is 20.4 Å². The van der Waals surface area contributed by atoms with Gasteiger partial charge in [0.05, 0.1) is 18.9 Å². The van der Waals surface area contributed by atoms with Crippen molar-refractivity contribution in [1.29, 1.82) is 0 Å². The maximum absolute atomic E-state index is 11.0. The van der Waals surface area contributed by atoms with Gasteiger partial charge in [-0.15, -0.1) is 0 Å². The van der Waals surface area contributed by atoms with Gasteiger partial charge in [-0.2, -0.15) is 0 Å². The Labute approximate surface area is 140 Å². The van der Waals surface area contributed by atoms with Crippen LogP contribution in [0.1, 0.15) is 17.5 Å². The molecular formula is C17H21N3O4. The molecular weight excluding hydrogens is 310 g/mol. The summed E-state index contributed by atoms with van der Waals surface area (Å²) >= 11 is 0. The molecule has 0 bridgehead atoms. The molecule has 0 aromatic carbocycles. The first-order chi connectivity index (χ1) is 11.7. The molecule has 0 aliphatic carbocycles. The molecule has 1 saturated heterocycles. The molecule has 128 valence electrons. The third-order valence-corrected chi connectivity index (χ3v) is 4.22. The molecule has 0 saturated carbocycles. The van der Waals surface area contributed by atoms with Gasteiger partial charge in [0.15, 0.2) is 12.1 Å². The highest BCUT2D eigenvalue weighted by molar-refractivity contribution is 5.91. The van der Waals surface area contributed by atoms with Crippen molar-refractivity contribution < 1.29 is 19.0 Å². The second kappa shape index (κ2) is 7.68. The van der Waals surface area contributed by atoms with Crippen molar-refractivity contribution >= 4 is 17.5 Å². The summed E-state index contributed by atoms with van der Waals surface area (Å²) in [5.74, 6) is 2.68. The molecule has 0 N–H and O–H groups in total. The third kappa shape index (κ3) is 3.55. The van der Waals surface area contributed by atoms with Gasteiger partial charge in [0.2, 0.25) is 0 Å². The van der Waals surface area contributed by atoms with E-state index in [0.717, 1.165) is 29.7 Å². The summed E-state index contributed by atoms with van der Waals surface area (Å²) in [6, 6.07) is 2.11. The van der Waals surface area contributed by atoms with Crippen molar-refractivity contribution in [2.24, 2.45) is 4.99 Å². The Morgan fingerprint density at radius 2 is 2.21 bits per heavy atom. The van der Waals surface area contributed by atoms with Gasteiger partial charge in [-0.1, -0.05) is 0 Å². The summed E-state index contributed by atoms with van der Waals surface area (Å²) in [7, 11) is 3.20. The quantitative estimate of drug-likeness (QED) is 0.597. The average molecular weight is 331 g/mol. The minimum atomic E-state index is -0.423. The van der Waals surface area contributed by atoms with Gasteiger partial charge in [-0.05, 0) is 30.0 Å². The van der Waals surface area contributed by atoms with E-state index in [9.17, 15) is 4.79 Å². The van der Waals surface area contributed by atoms with Crippen LogP contribution in [0.3, 0.4) is 0 Å². The normalized spacial score (nSPS) is 17.5. The first kappa shape index (κ1) is 16.8. The van der Waals surface area contributed by atoms with E-state index < -0.39 is 6.29 Å². The highest BCUT2D eigenvalue weighted by atomic mass is 16.7. The van der Waals surface area contributed by atoms with Crippen LogP contribution in [-0.4, -0.2) is 61.8 Å². The lowest BCUT2D eigenvalue weighted by Gasteiger charge is -2.29. The summed E-state index contributed by atoms with van der Waals surface area (Å²) in [5, 5.41) is 0. The third-order valence-electron chi connectivity index (χ3n) is 4.22. The maximum Gasteiger partial charge on any atom is 0.196 e. The Hall–Kier alpha value is -2.05. The van der Waals surface area contributed by atoms with E-state index in [2.05, 4.69) is 16.0 Å². The molecule has 0 radical (unpaired) electrons. The van der Waals surface area contributed by atoms with Gasteiger partial charge in [0, 0.05) is 33.5 Å². The fraction of sp³-hybridized carbons (Fsp3) is 0.529. The van der Waals surface area contributed by atoms with Gasteiger partial charge in [-0.25, -0.2) is 14.8 Å². The fourth-order valence-electron chi connectivity index (χ4n) is 2.98. The number of morpholine rings is 1. The maximum atomic E-state index is 11.0. The smallest absolute Gasteiger partial charge is 0.196 e. The Kier molecular flexibility index (Phi) is 5.37. The lowest BCUT2D eigenvalue weighted by Crippen LogP contribution is -2.34. The van der Waals surface area contributed by atoms with Gasteiger partial charge in [-0.3, -0.25) is 0 Å². The first-order valence-electron chi connectivity index (χ1n) is 7.92.